The second-order valence-corrected chi connectivity index (χ2v) is 4.78. The number of nitrogens with zero attached hydrogens (tertiary/aromatic N) is 2. The molecule has 3 atom stereocenters. The Morgan fingerprint density at radius 2 is 1.76 bits per heavy atom. The normalized spacial score (nSPS) is 27.6. The van der Waals surface area contributed by atoms with Gasteiger partial charge >= 0.3 is 12.0 Å². The van der Waals surface area contributed by atoms with E-state index in [1.54, 1.807) is 4.90 Å². The maximum Gasteiger partial charge on any atom is 0.325 e. The first-order valence-electron chi connectivity index (χ1n) is 5.83. The summed E-state index contributed by atoms with van der Waals surface area (Å²) in [7, 11) is 2.03. The summed E-state index contributed by atoms with van der Waals surface area (Å²) in [5.41, 5.74) is 0. The molecule has 0 spiro atoms. The fourth-order valence-electron chi connectivity index (χ4n) is 1.91. The van der Waals surface area contributed by atoms with Crippen molar-refractivity contribution in [3.63, 3.8) is 0 Å². The molecule has 0 aromatic carbocycles. The Kier molecular flexibility index (Phi) is 4.34. The summed E-state index contributed by atoms with van der Waals surface area (Å²) in [6, 6.07) is -0.589. The highest BCUT2D eigenvalue weighted by Crippen LogP contribution is 2.13. The molecule has 1 saturated heterocycles. The molecule has 0 radical (unpaired) electrons. The van der Waals surface area contributed by atoms with E-state index in [0.29, 0.717) is 13.1 Å². The van der Waals surface area contributed by atoms with Gasteiger partial charge in [0.05, 0.1) is 0 Å². The Hall–Kier alpha value is -1.30. The summed E-state index contributed by atoms with van der Waals surface area (Å²) in [5.74, 6) is -1.02. The molecule has 1 fully saturated rings. The van der Waals surface area contributed by atoms with E-state index in [9.17, 15) is 9.59 Å². The number of aliphatic carboxylic acids is 1. The molecule has 1 rings (SSSR count). The average molecular weight is 243 g/mol. The number of amides is 2. The van der Waals surface area contributed by atoms with Crippen molar-refractivity contribution in [3.8, 4) is 0 Å². The molecule has 1 heterocycles. The molecule has 0 aromatic rings. The van der Waals surface area contributed by atoms with Gasteiger partial charge < -0.3 is 15.3 Å². The van der Waals surface area contributed by atoms with E-state index in [1.807, 2.05) is 7.05 Å². The van der Waals surface area contributed by atoms with Crippen molar-refractivity contribution in [1.82, 2.24) is 15.1 Å². The highest BCUT2D eigenvalue weighted by atomic mass is 16.4. The monoisotopic (exact) mass is 243 g/mol. The number of nitrogens with one attached hydrogen (secondary N) is 1. The van der Waals surface area contributed by atoms with Crippen LogP contribution in [0.5, 0.6) is 0 Å². The van der Waals surface area contributed by atoms with Crippen molar-refractivity contribution in [2.75, 3.05) is 20.1 Å². The number of carbonyl (C=O) groups excluding carboxylic acids is 1. The first-order chi connectivity index (χ1) is 7.82. The summed E-state index contributed by atoms with van der Waals surface area (Å²) in [4.78, 5) is 26.4. The number of hydrogen-bond donors (Lipinski definition) is 2. The molecular weight excluding hydrogens is 222 g/mol. The Morgan fingerprint density at radius 3 is 2.18 bits per heavy atom. The zero-order chi connectivity index (χ0) is 13.2. The van der Waals surface area contributed by atoms with Crippen molar-refractivity contribution in [1.29, 1.82) is 0 Å². The van der Waals surface area contributed by atoms with E-state index in [0.717, 1.165) is 0 Å². The lowest BCUT2D eigenvalue weighted by molar-refractivity contribution is -0.138. The van der Waals surface area contributed by atoms with Gasteiger partial charge in [-0.25, -0.2) is 4.79 Å². The fourth-order valence-corrected chi connectivity index (χ4v) is 1.91. The Bertz CT molecular complexity index is 296. The van der Waals surface area contributed by atoms with Crippen LogP contribution in [0.15, 0.2) is 0 Å². The van der Waals surface area contributed by atoms with Gasteiger partial charge in [-0.2, -0.15) is 0 Å². The number of carboxylic acids is 1. The van der Waals surface area contributed by atoms with Crippen LogP contribution in [-0.2, 0) is 4.79 Å². The second kappa shape index (κ2) is 5.35. The molecule has 17 heavy (non-hydrogen) atoms. The molecular formula is C11H21N3O3. The zero-order valence-electron chi connectivity index (χ0n) is 10.8. The van der Waals surface area contributed by atoms with Crippen molar-refractivity contribution in [2.45, 2.75) is 38.9 Å². The van der Waals surface area contributed by atoms with Crippen LogP contribution in [0.3, 0.4) is 0 Å². The molecule has 6 nitrogen and oxygen atoms in total. The first-order valence-corrected chi connectivity index (χ1v) is 5.83. The van der Waals surface area contributed by atoms with Gasteiger partial charge in [0.25, 0.3) is 0 Å². The standard InChI is InChI=1S/C11H21N3O3/c1-7-5-14(6-8(2)13(7)4)11(17)12-9(3)10(15)16/h7-9H,5-6H2,1-4H3,(H,12,17)(H,15,16). The Balaban J connectivity index is 2.56. The van der Waals surface area contributed by atoms with Crippen LogP contribution in [0.1, 0.15) is 20.8 Å². The lowest BCUT2D eigenvalue weighted by Gasteiger charge is -2.42. The second-order valence-electron chi connectivity index (χ2n) is 4.78. The molecule has 98 valence electrons. The number of carbonyl (C=O) groups is 2. The molecule has 1 aliphatic heterocycles. The third kappa shape index (κ3) is 3.33. The third-order valence-electron chi connectivity index (χ3n) is 3.36. The van der Waals surface area contributed by atoms with Crippen LogP contribution in [0, 0.1) is 0 Å². The smallest absolute Gasteiger partial charge is 0.325 e. The SMILES string of the molecule is CC(NC(=O)N1CC(C)N(C)C(C)C1)C(=O)O. The molecule has 0 aromatic heterocycles. The molecule has 2 amide bonds. The molecule has 0 saturated carbocycles. The van der Waals surface area contributed by atoms with Crippen LogP contribution < -0.4 is 5.32 Å². The maximum atomic E-state index is 11.8. The van der Waals surface area contributed by atoms with E-state index in [1.165, 1.54) is 6.92 Å². The molecule has 1 aliphatic rings. The predicted molar refractivity (Wildman–Crippen MR) is 63.9 cm³/mol. The van der Waals surface area contributed by atoms with Crippen LogP contribution >= 0.6 is 0 Å². The Labute approximate surface area is 102 Å². The average Bonchev–Trinajstić information content (AvgIpc) is 2.24. The number of urea groups is 1. The fraction of sp³-hybridized carbons (Fsp3) is 0.818. The minimum Gasteiger partial charge on any atom is -0.480 e. The van der Waals surface area contributed by atoms with E-state index in [-0.39, 0.29) is 18.1 Å². The van der Waals surface area contributed by atoms with Crippen LogP contribution in [0.25, 0.3) is 0 Å². The van der Waals surface area contributed by atoms with E-state index < -0.39 is 12.0 Å². The lowest BCUT2D eigenvalue weighted by Crippen LogP contribution is -2.59. The van der Waals surface area contributed by atoms with Gasteiger partial charge in [-0.15, -0.1) is 0 Å². The van der Waals surface area contributed by atoms with Crippen LogP contribution in [0.4, 0.5) is 4.79 Å². The third-order valence-corrected chi connectivity index (χ3v) is 3.36. The first kappa shape index (κ1) is 13.8. The number of hydrogen-bond acceptors (Lipinski definition) is 3. The van der Waals surface area contributed by atoms with Crippen molar-refractivity contribution >= 4 is 12.0 Å². The van der Waals surface area contributed by atoms with Gasteiger partial charge in [0.2, 0.25) is 0 Å². The maximum absolute atomic E-state index is 11.8. The van der Waals surface area contributed by atoms with Gasteiger partial charge in [0.15, 0.2) is 0 Å². The lowest BCUT2D eigenvalue weighted by atomic mass is 10.1. The van der Waals surface area contributed by atoms with Crippen LogP contribution in [0.2, 0.25) is 0 Å². The minimum atomic E-state index is -1.02. The number of likely N-dealkylation sites (N-methyl/N-ethyl adjacent to an activating group) is 1. The van der Waals surface area contributed by atoms with Gasteiger partial charge in [-0.1, -0.05) is 0 Å². The van der Waals surface area contributed by atoms with Crippen molar-refractivity contribution in [3.05, 3.63) is 0 Å². The summed E-state index contributed by atoms with van der Waals surface area (Å²) in [6.07, 6.45) is 0. The highest BCUT2D eigenvalue weighted by Gasteiger charge is 2.30. The predicted octanol–water partition coefficient (Wildman–Crippen LogP) is 0.194. The van der Waals surface area contributed by atoms with Gasteiger partial charge in [0, 0.05) is 25.2 Å². The molecule has 2 N–H and O–H groups in total. The van der Waals surface area contributed by atoms with Crippen LogP contribution in [-0.4, -0.2) is 65.2 Å². The number of rotatable bonds is 2. The number of piperazine rings is 1. The highest BCUT2D eigenvalue weighted by molar-refractivity contribution is 5.82. The molecule has 0 aliphatic carbocycles. The minimum absolute atomic E-state index is 0.282. The largest absolute Gasteiger partial charge is 0.480 e. The molecule has 0 bridgehead atoms. The zero-order valence-corrected chi connectivity index (χ0v) is 10.8. The molecule has 3 unspecified atom stereocenters. The van der Waals surface area contributed by atoms with E-state index in [2.05, 4.69) is 24.1 Å². The van der Waals surface area contributed by atoms with Crippen molar-refractivity contribution in [2.24, 2.45) is 0 Å². The summed E-state index contributed by atoms with van der Waals surface area (Å²) in [5, 5.41) is 11.2. The van der Waals surface area contributed by atoms with E-state index >= 15 is 0 Å². The van der Waals surface area contributed by atoms with Gasteiger partial charge in [0.1, 0.15) is 6.04 Å². The summed E-state index contributed by atoms with van der Waals surface area (Å²) >= 11 is 0. The van der Waals surface area contributed by atoms with Gasteiger partial charge in [-0.3, -0.25) is 9.69 Å². The molecule has 6 heteroatoms. The quantitative estimate of drug-likeness (QED) is 0.726. The Morgan fingerprint density at radius 1 is 1.29 bits per heavy atom. The van der Waals surface area contributed by atoms with E-state index in [4.69, 9.17) is 5.11 Å². The summed E-state index contributed by atoms with van der Waals surface area (Å²) in [6.45, 7) is 6.81. The van der Waals surface area contributed by atoms with Gasteiger partial charge in [-0.05, 0) is 27.8 Å². The topological polar surface area (TPSA) is 72.9 Å². The van der Waals surface area contributed by atoms with Crippen molar-refractivity contribution < 1.29 is 14.7 Å². The summed E-state index contributed by atoms with van der Waals surface area (Å²) < 4.78 is 0. The number of carboxylic acid groups (broad SMARTS) is 1.